The molecule has 0 spiro atoms. The Morgan fingerprint density at radius 3 is 1.67 bits per heavy atom. The van der Waals surface area contributed by atoms with Crippen LogP contribution in [-0.4, -0.2) is 36.6 Å². The Hall–Kier alpha value is -2.62. The van der Waals surface area contributed by atoms with Gasteiger partial charge in [-0.3, -0.25) is 9.98 Å². The first-order valence-electron chi connectivity index (χ1n) is 10.1. The second kappa shape index (κ2) is 8.85. The molecule has 1 aliphatic heterocycles. The van der Waals surface area contributed by atoms with Crippen LogP contribution in [0, 0.1) is 0 Å². The Morgan fingerprint density at radius 2 is 1.15 bits per heavy atom. The molecule has 1 fully saturated rings. The summed E-state index contributed by atoms with van der Waals surface area (Å²) in [5.74, 6) is 0. The van der Waals surface area contributed by atoms with Gasteiger partial charge in [0.05, 0.1) is 34.9 Å². The van der Waals surface area contributed by atoms with Crippen molar-refractivity contribution in [3.8, 4) is 0 Å². The number of nitrogens with zero attached hydrogens (tertiary/aromatic N) is 2. The van der Waals surface area contributed by atoms with Crippen LogP contribution >= 0.6 is 0 Å². The maximum Gasteiger partial charge on any atom is 0.0810 e. The van der Waals surface area contributed by atoms with Gasteiger partial charge >= 0.3 is 0 Å². The van der Waals surface area contributed by atoms with Crippen molar-refractivity contribution >= 4 is 11.4 Å². The normalized spacial score (nSPS) is 27.9. The van der Waals surface area contributed by atoms with E-state index in [9.17, 15) is 0 Å². The first-order valence-corrected chi connectivity index (χ1v) is 10.1. The fraction of sp³-hybridized carbons (Fsp3) is 0.391. The molecule has 2 N–H and O–H groups in total. The third-order valence-corrected chi connectivity index (χ3v) is 5.32. The van der Waals surface area contributed by atoms with E-state index >= 15 is 0 Å². The van der Waals surface area contributed by atoms with Crippen molar-refractivity contribution in [2.75, 3.05) is 13.1 Å². The molecule has 0 amide bonds. The second-order valence-corrected chi connectivity index (χ2v) is 7.30. The van der Waals surface area contributed by atoms with E-state index in [2.05, 4.69) is 71.4 Å². The molecule has 0 saturated heterocycles. The predicted octanol–water partition coefficient (Wildman–Crippen LogP) is 3.78. The molecule has 0 radical (unpaired) electrons. The van der Waals surface area contributed by atoms with Gasteiger partial charge < -0.3 is 10.6 Å². The van der Waals surface area contributed by atoms with Crippen LogP contribution in [0.3, 0.4) is 0 Å². The van der Waals surface area contributed by atoms with E-state index in [1.54, 1.807) is 0 Å². The van der Waals surface area contributed by atoms with Gasteiger partial charge in [0, 0.05) is 13.1 Å². The minimum atomic E-state index is 0.237. The van der Waals surface area contributed by atoms with Crippen molar-refractivity contribution in [2.45, 2.75) is 44.2 Å². The smallest absolute Gasteiger partial charge is 0.0810 e. The number of allylic oxidation sites excluding steroid dienone is 10. The van der Waals surface area contributed by atoms with Crippen LogP contribution in [-0.2, 0) is 0 Å². The van der Waals surface area contributed by atoms with Crippen molar-refractivity contribution in [2.24, 2.45) is 9.98 Å². The lowest BCUT2D eigenvalue weighted by molar-refractivity contribution is 0.389. The molecule has 4 nitrogen and oxygen atoms in total. The summed E-state index contributed by atoms with van der Waals surface area (Å²) in [6, 6.07) is 0.474. The minimum Gasteiger partial charge on any atom is -0.383 e. The van der Waals surface area contributed by atoms with E-state index in [0.29, 0.717) is 0 Å². The summed E-state index contributed by atoms with van der Waals surface area (Å²) >= 11 is 0. The Balaban J connectivity index is 1.71. The lowest BCUT2D eigenvalue weighted by Crippen LogP contribution is -2.30. The monoisotopic (exact) mass is 360 g/mol. The molecule has 0 bridgehead atoms. The summed E-state index contributed by atoms with van der Waals surface area (Å²) in [5.41, 5.74) is 4.34. The van der Waals surface area contributed by atoms with E-state index < -0.39 is 0 Å². The van der Waals surface area contributed by atoms with Gasteiger partial charge in [-0.2, -0.15) is 0 Å². The van der Waals surface area contributed by atoms with Crippen molar-refractivity contribution < 1.29 is 0 Å². The average Bonchev–Trinajstić information content (AvgIpc) is 3.03. The van der Waals surface area contributed by atoms with Gasteiger partial charge in [-0.05, 0) is 43.6 Å². The highest BCUT2D eigenvalue weighted by Gasteiger charge is 2.26. The zero-order valence-electron chi connectivity index (χ0n) is 15.8. The number of hydrogen-bond donors (Lipinski definition) is 2. The molecule has 0 aromatic carbocycles. The molecular weight excluding hydrogens is 332 g/mol. The molecule has 0 aromatic rings. The molecule has 4 aliphatic rings. The van der Waals surface area contributed by atoms with Crippen LogP contribution in [0.2, 0.25) is 0 Å². The number of rotatable bonds is 0. The molecule has 2 atom stereocenters. The highest BCUT2D eigenvalue weighted by atomic mass is 15.0. The topological polar surface area (TPSA) is 48.8 Å². The summed E-state index contributed by atoms with van der Waals surface area (Å²) in [4.78, 5) is 10.4. The van der Waals surface area contributed by atoms with E-state index in [4.69, 9.17) is 9.98 Å². The van der Waals surface area contributed by atoms with Gasteiger partial charge in [0.25, 0.3) is 0 Å². The average molecular weight is 361 g/mol. The lowest BCUT2D eigenvalue weighted by Gasteiger charge is -2.27. The molecule has 0 aromatic heterocycles. The largest absolute Gasteiger partial charge is 0.383 e. The van der Waals surface area contributed by atoms with Crippen molar-refractivity contribution in [3.63, 3.8) is 0 Å². The molecule has 4 rings (SSSR count). The predicted molar refractivity (Wildman–Crippen MR) is 114 cm³/mol. The fourth-order valence-corrected chi connectivity index (χ4v) is 3.88. The number of hydrogen-bond acceptors (Lipinski definition) is 4. The first-order chi connectivity index (χ1) is 13.4. The van der Waals surface area contributed by atoms with Crippen LogP contribution in [0.1, 0.15) is 32.1 Å². The molecule has 0 unspecified atom stereocenters. The van der Waals surface area contributed by atoms with Crippen LogP contribution in [0.4, 0.5) is 0 Å². The SMILES string of the molecule is C1=CC=C2NCCCNC3=CC=CC=CC3=N[C@@H]3CCCC[C@H]3N=C2C=C1. The van der Waals surface area contributed by atoms with Gasteiger partial charge in [0.15, 0.2) is 0 Å². The van der Waals surface area contributed by atoms with Crippen molar-refractivity contribution in [1.29, 1.82) is 0 Å². The summed E-state index contributed by atoms with van der Waals surface area (Å²) in [5, 5.41) is 7.17. The van der Waals surface area contributed by atoms with Gasteiger partial charge in [0.2, 0.25) is 0 Å². The van der Waals surface area contributed by atoms with E-state index in [-0.39, 0.29) is 12.1 Å². The molecule has 1 saturated carbocycles. The third kappa shape index (κ3) is 4.57. The van der Waals surface area contributed by atoms with Crippen LogP contribution in [0.25, 0.3) is 0 Å². The summed E-state index contributed by atoms with van der Waals surface area (Å²) < 4.78 is 0. The number of fused-ring (bicyclic) bond motifs is 3. The van der Waals surface area contributed by atoms with Crippen LogP contribution < -0.4 is 10.6 Å². The highest BCUT2D eigenvalue weighted by Crippen LogP contribution is 2.26. The number of aliphatic imine (C=N–C) groups is 2. The maximum absolute atomic E-state index is 5.18. The molecule has 1 heterocycles. The highest BCUT2D eigenvalue weighted by molar-refractivity contribution is 6.09. The fourth-order valence-electron chi connectivity index (χ4n) is 3.88. The Bertz CT molecular complexity index is 723. The van der Waals surface area contributed by atoms with Crippen LogP contribution in [0.15, 0.2) is 82.1 Å². The third-order valence-electron chi connectivity index (χ3n) is 5.32. The zero-order valence-corrected chi connectivity index (χ0v) is 15.8. The maximum atomic E-state index is 5.18. The van der Waals surface area contributed by atoms with Gasteiger partial charge in [-0.25, -0.2) is 0 Å². The molecule has 4 heteroatoms. The Morgan fingerprint density at radius 1 is 0.630 bits per heavy atom. The van der Waals surface area contributed by atoms with Gasteiger partial charge in [-0.15, -0.1) is 0 Å². The Kier molecular flexibility index (Phi) is 5.83. The standard InChI is InChI=1S/C23H28N4/c1-3-10-18-20(12-5-1)26-22-14-7-8-15-23(22)27-21-13-6-2-4-11-19(21)25-17-9-16-24-18/h1-6,10-13,22-25H,7-9,14-17H2/t22-,23-/m1/s1. The van der Waals surface area contributed by atoms with E-state index in [1.807, 2.05) is 0 Å². The Labute approximate surface area is 161 Å². The number of nitrogens with one attached hydrogen (secondary N) is 2. The van der Waals surface area contributed by atoms with Crippen LogP contribution in [0.5, 0.6) is 0 Å². The zero-order chi connectivity index (χ0) is 18.3. The van der Waals surface area contributed by atoms with Crippen molar-refractivity contribution in [3.05, 3.63) is 72.2 Å². The molecule has 27 heavy (non-hydrogen) atoms. The first kappa shape index (κ1) is 17.8. The van der Waals surface area contributed by atoms with E-state index in [1.165, 1.54) is 12.8 Å². The lowest BCUT2D eigenvalue weighted by atomic mass is 9.90. The second-order valence-electron chi connectivity index (χ2n) is 7.30. The van der Waals surface area contributed by atoms with Gasteiger partial charge in [-0.1, -0.05) is 49.3 Å². The quantitative estimate of drug-likeness (QED) is 0.691. The molecule has 140 valence electrons. The van der Waals surface area contributed by atoms with Gasteiger partial charge in [0.1, 0.15) is 0 Å². The molecular formula is C23H28N4. The van der Waals surface area contributed by atoms with Crippen molar-refractivity contribution in [1.82, 2.24) is 10.6 Å². The summed E-state index contributed by atoms with van der Waals surface area (Å²) in [6.07, 6.45) is 26.7. The van der Waals surface area contributed by atoms with E-state index in [0.717, 1.165) is 55.2 Å². The molecule has 3 aliphatic carbocycles. The minimum absolute atomic E-state index is 0.237. The summed E-state index contributed by atoms with van der Waals surface area (Å²) in [6.45, 7) is 1.83. The summed E-state index contributed by atoms with van der Waals surface area (Å²) in [7, 11) is 0.